The molecule has 0 aliphatic carbocycles. The third kappa shape index (κ3) is 3.50. The van der Waals surface area contributed by atoms with Gasteiger partial charge in [0.05, 0.1) is 12.7 Å². The molecule has 0 spiro atoms. The molecule has 16 heavy (non-hydrogen) atoms. The molecule has 0 saturated heterocycles. The van der Waals surface area contributed by atoms with Crippen LogP contribution in [0.25, 0.3) is 0 Å². The molecule has 0 atom stereocenters. The summed E-state index contributed by atoms with van der Waals surface area (Å²) in [6.07, 6.45) is 1.40. The summed E-state index contributed by atoms with van der Waals surface area (Å²) in [6.45, 7) is 2.61. The molecule has 1 aromatic heterocycles. The highest BCUT2D eigenvalue weighted by Crippen LogP contribution is 2.22. The third-order valence-corrected chi connectivity index (χ3v) is 2.26. The monoisotopic (exact) mass is 262 g/mol. The number of anilines is 1. The average molecular weight is 263 g/mol. The van der Waals surface area contributed by atoms with Crippen LogP contribution in [0.5, 0.6) is 0 Å². The van der Waals surface area contributed by atoms with Crippen LogP contribution in [0.4, 0.5) is 5.82 Å². The van der Waals surface area contributed by atoms with Gasteiger partial charge >= 0.3 is 0 Å². The number of halogens is 2. The van der Waals surface area contributed by atoms with E-state index in [1.54, 1.807) is 11.9 Å². The lowest BCUT2D eigenvalue weighted by molar-refractivity contribution is -0.119. The van der Waals surface area contributed by atoms with Crippen LogP contribution < -0.4 is 10.2 Å². The first-order chi connectivity index (χ1) is 7.54. The Bertz CT molecular complexity index is 386. The van der Waals surface area contributed by atoms with Crippen LogP contribution in [0.3, 0.4) is 0 Å². The van der Waals surface area contributed by atoms with E-state index in [2.05, 4.69) is 15.3 Å². The number of nitrogens with zero attached hydrogens (tertiary/aromatic N) is 3. The molecule has 0 unspecified atom stereocenters. The summed E-state index contributed by atoms with van der Waals surface area (Å²) in [5, 5.41) is 3.14. The van der Waals surface area contributed by atoms with Crippen molar-refractivity contribution in [2.45, 2.75) is 6.92 Å². The van der Waals surface area contributed by atoms with Gasteiger partial charge in [-0.3, -0.25) is 4.79 Å². The number of hydrogen-bond acceptors (Lipinski definition) is 4. The summed E-state index contributed by atoms with van der Waals surface area (Å²) in [7, 11) is 1.71. The Morgan fingerprint density at radius 3 is 2.88 bits per heavy atom. The lowest BCUT2D eigenvalue weighted by Crippen LogP contribution is -2.35. The molecule has 0 bridgehead atoms. The van der Waals surface area contributed by atoms with Crippen molar-refractivity contribution in [3.63, 3.8) is 0 Å². The maximum absolute atomic E-state index is 11.4. The second-order valence-electron chi connectivity index (χ2n) is 3.12. The molecule has 7 heteroatoms. The van der Waals surface area contributed by atoms with Crippen molar-refractivity contribution < 1.29 is 4.79 Å². The van der Waals surface area contributed by atoms with E-state index in [0.29, 0.717) is 17.4 Å². The van der Waals surface area contributed by atoms with Crippen molar-refractivity contribution in [1.29, 1.82) is 0 Å². The van der Waals surface area contributed by atoms with Crippen molar-refractivity contribution in [3.8, 4) is 0 Å². The van der Waals surface area contributed by atoms with Crippen molar-refractivity contribution >= 4 is 34.9 Å². The smallest absolute Gasteiger partial charge is 0.239 e. The van der Waals surface area contributed by atoms with Gasteiger partial charge in [-0.2, -0.15) is 4.98 Å². The third-order valence-electron chi connectivity index (χ3n) is 1.81. The van der Waals surface area contributed by atoms with E-state index in [4.69, 9.17) is 23.2 Å². The summed E-state index contributed by atoms with van der Waals surface area (Å²) in [6, 6.07) is 0. The SMILES string of the molecule is CCNC(=O)CN(C)c1nc(Cl)ncc1Cl. The Balaban J connectivity index is 2.76. The van der Waals surface area contributed by atoms with E-state index in [1.165, 1.54) is 6.20 Å². The van der Waals surface area contributed by atoms with Gasteiger partial charge in [0.2, 0.25) is 11.2 Å². The maximum atomic E-state index is 11.4. The quantitative estimate of drug-likeness (QED) is 0.833. The largest absolute Gasteiger partial charge is 0.355 e. The molecule has 0 aliphatic heterocycles. The van der Waals surface area contributed by atoms with Gasteiger partial charge in [0.1, 0.15) is 5.02 Å². The highest BCUT2D eigenvalue weighted by molar-refractivity contribution is 6.33. The van der Waals surface area contributed by atoms with Crippen LogP contribution in [0.15, 0.2) is 6.20 Å². The van der Waals surface area contributed by atoms with Crippen LogP contribution in [0, 0.1) is 0 Å². The molecule has 88 valence electrons. The average Bonchev–Trinajstić information content (AvgIpc) is 2.21. The molecule has 0 radical (unpaired) electrons. The summed E-state index contributed by atoms with van der Waals surface area (Å²) in [4.78, 5) is 20.6. The van der Waals surface area contributed by atoms with Gasteiger partial charge in [0.15, 0.2) is 5.82 Å². The van der Waals surface area contributed by atoms with Crippen molar-refractivity contribution in [3.05, 3.63) is 16.5 Å². The Morgan fingerprint density at radius 1 is 1.56 bits per heavy atom. The number of likely N-dealkylation sites (N-methyl/N-ethyl adjacent to an activating group) is 2. The summed E-state index contributed by atoms with van der Waals surface area (Å²) in [5.74, 6) is 0.337. The topological polar surface area (TPSA) is 58.1 Å². The Hall–Kier alpha value is -1.07. The van der Waals surface area contributed by atoms with Gasteiger partial charge in [0, 0.05) is 13.6 Å². The first kappa shape index (κ1) is 13.0. The van der Waals surface area contributed by atoms with Gasteiger partial charge in [-0.05, 0) is 18.5 Å². The Kier molecular flexibility index (Phi) is 4.76. The minimum Gasteiger partial charge on any atom is -0.355 e. The molecule has 1 aromatic rings. The summed E-state index contributed by atoms with van der Waals surface area (Å²) in [5.41, 5.74) is 0. The fourth-order valence-electron chi connectivity index (χ4n) is 1.15. The van der Waals surface area contributed by atoms with Gasteiger partial charge < -0.3 is 10.2 Å². The number of amides is 1. The number of aromatic nitrogens is 2. The zero-order valence-electron chi connectivity index (χ0n) is 9.00. The van der Waals surface area contributed by atoms with Gasteiger partial charge in [-0.15, -0.1) is 0 Å². The molecule has 1 heterocycles. The first-order valence-electron chi connectivity index (χ1n) is 4.70. The molecule has 0 fully saturated rings. The molecule has 0 saturated carbocycles. The van der Waals surface area contributed by atoms with Gasteiger partial charge in [-0.25, -0.2) is 4.98 Å². The second kappa shape index (κ2) is 5.86. The van der Waals surface area contributed by atoms with E-state index >= 15 is 0 Å². The summed E-state index contributed by atoms with van der Waals surface area (Å²) < 4.78 is 0. The molecule has 0 aromatic carbocycles. The van der Waals surface area contributed by atoms with E-state index in [1.807, 2.05) is 6.92 Å². The molecule has 0 aliphatic rings. The fourth-order valence-corrected chi connectivity index (χ4v) is 1.51. The molecular weight excluding hydrogens is 251 g/mol. The number of hydrogen-bond donors (Lipinski definition) is 1. The highest BCUT2D eigenvalue weighted by Gasteiger charge is 2.12. The number of nitrogens with one attached hydrogen (secondary N) is 1. The lowest BCUT2D eigenvalue weighted by Gasteiger charge is -2.18. The van der Waals surface area contributed by atoms with Crippen molar-refractivity contribution in [2.24, 2.45) is 0 Å². The number of rotatable bonds is 4. The normalized spacial score (nSPS) is 10.0. The standard InChI is InChI=1S/C9H12Cl2N4O/c1-3-12-7(16)5-15(2)8-6(10)4-13-9(11)14-8/h4H,3,5H2,1-2H3,(H,12,16). The predicted octanol–water partition coefficient (Wildman–Crippen LogP) is 1.36. The predicted molar refractivity (Wildman–Crippen MR) is 64.0 cm³/mol. The molecule has 1 N–H and O–H groups in total. The van der Waals surface area contributed by atoms with Crippen LogP contribution in [-0.2, 0) is 4.79 Å². The van der Waals surface area contributed by atoms with Crippen LogP contribution in [0.1, 0.15) is 6.92 Å². The van der Waals surface area contributed by atoms with Crippen LogP contribution >= 0.6 is 23.2 Å². The zero-order chi connectivity index (χ0) is 12.1. The number of carbonyl (C=O) groups excluding carboxylic acids is 1. The van der Waals surface area contributed by atoms with E-state index in [0.717, 1.165) is 0 Å². The summed E-state index contributed by atoms with van der Waals surface area (Å²) >= 11 is 11.5. The molecule has 1 amide bonds. The molecule has 5 nitrogen and oxygen atoms in total. The van der Waals surface area contributed by atoms with E-state index < -0.39 is 0 Å². The van der Waals surface area contributed by atoms with E-state index in [-0.39, 0.29) is 17.7 Å². The van der Waals surface area contributed by atoms with Gasteiger partial charge in [-0.1, -0.05) is 11.6 Å². The lowest BCUT2D eigenvalue weighted by atomic mass is 10.4. The maximum Gasteiger partial charge on any atom is 0.239 e. The Morgan fingerprint density at radius 2 is 2.25 bits per heavy atom. The minimum atomic E-state index is -0.101. The van der Waals surface area contributed by atoms with Crippen LogP contribution in [0.2, 0.25) is 10.3 Å². The molecule has 1 rings (SSSR count). The van der Waals surface area contributed by atoms with E-state index in [9.17, 15) is 4.79 Å². The second-order valence-corrected chi connectivity index (χ2v) is 3.87. The minimum absolute atomic E-state index is 0.0992. The van der Waals surface area contributed by atoms with Crippen molar-refractivity contribution in [2.75, 3.05) is 25.0 Å². The van der Waals surface area contributed by atoms with Crippen molar-refractivity contribution in [1.82, 2.24) is 15.3 Å². The first-order valence-corrected chi connectivity index (χ1v) is 5.46. The Labute approximate surface area is 104 Å². The fraction of sp³-hybridized carbons (Fsp3) is 0.444. The van der Waals surface area contributed by atoms with Crippen LogP contribution in [-0.4, -0.2) is 36.0 Å². The number of carbonyl (C=O) groups is 1. The van der Waals surface area contributed by atoms with Gasteiger partial charge in [0.25, 0.3) is 0 Å². The molecular formula is C9H12Cl2N4O. The highest BCUT2D eigenvalue weighted by atomic mass is 35.5. The zero-order valence-corrected chi connectivity index (χ0v) is 10.5.